The molecule has 0 spiro atoms. The third-order valence-electron chi connectivity index (χ3n) is 2.01. The van der Waals surface area contributed by atoms with Gasteiger partial charge in [-0.15, -0.1) is 15.0 Å². The summed E-state index contributed by atoms with van der Waals surface area (Å²) in [5, 5.41) is 11.9. The van der Waals surface area contributed by atoms with Crippen LogP contribution >= 0.6 is 11.5 Å². The summed E-state index contributed by atoms with van der Waals surface area (Å²) in [5.41, 5.74) is 0.551. The summed E-state index contributed by atoms with van der Waals surface area (Å²) in [5.74, 6) is -0.0617. The highest BCUT2D eigenvalue weighted by Gasteiger charge is 2.08. The molecule has 0 aromatic carbocycles. The second-order valence-corrected chi connectivity index (χ2v) is 3.95. The Kier molecular flexibility index (Phi) is 2.33. The van der Waals surface area contributed by atoms with E-state index in [0.29, 0.717) is 11.5 Å². The van der Waals surface area contributed by atoms with E-state index in [0.717, 1.165) is 4.88 Å². The molecule has 0 amide bonds. The molecule has 3 rings (SSSR count). The van der Waals surface area contributed by atoms with Gasteiger partial charge in [0.05, 0.1) is 11.1 Å². The van der Waals surface area contributed by atoms with E-state index in [-0.39, 0.29) is 0 Å². The standard InChI is InChI=1S/C9H5FN6S/c10-8-2-1-6(5-11-8)16-14-9(13-15-16)7-3-4-12-17-7/h1-5H. The molecule has 0 saturated heterocycles. The van der Waals surface area contributed by atoms with E-state index in [9.17, 15) is 4.39 Å². The minimum atomic E-state index is -0.545. The Morgan fingerprint density at radius 2 is 2.18 bits per heavy atom. The third-order valence-corrected chi connectivity index (χ3v) is 2.76. The van der Waals surface area contributed by atoms with Crippen molar-refractivity contribution in [3.8, 4) is 16.4 Å². The molecule has 0 aliphatic heterocycles. The summed E-state index contributed by atoms with van der Waals surface area (Å²) in [4.78, 5) is 5.64. The van der Waals surface area contributed by atoms with Crippen LogP contribution in [0.15, 0.2) is 30.6 Å². The molecule has 17 heavy (non-hydrogen) atoms. The molecular weight excluding hydrogens is 243 g/mol. The molecule has 0 radical (unpaired) electrons. The molecule has 3 aromatic rings. The molecule has 0 atom stereocenters. The van der Waals surface area contributed by atoms with Gasteiger partial charge in [0.2, 0.25) is 11.8 Å². The Balaban J connectivity index is 1.98. The highest BCUT2D eigenvalue weighted by Crippen LogP contribution is 2.17. The molecule has 6 nitrogen and oxygen atoms in total. The van der Waals surface area contributed by atoms with Gasteiger partial charge in [-0.1, -0.05) is 0 Å². The zero-order chi connectivity index (χ0) is 11.7. The zero-order valence-electron chi connectivity index (χ0n) is 8.36. The van der Waals surface area contributed by atoms with Crippen LogP contribution in [0, 0.1) is 5.95 Å². The van der Waals surface area contributed by atoms with Crippen molar-refractivity contribution < 1.29 is 4.39 Å². The van der Waals surface area contributed by atoms with Crippen LogP contribution in [0.25, 0.3) is 16.4 Å². The van der Waals surface area contributed by atoms with Gasteiger partial charge in [-0.05, 0) is 34.9 Å². The Hall–Kier alpha value is -2.22. The first kappa shape index (κ1) is 9.97. The molecule has 0 fully saturated rings. The maximum atomic E-state index is 12.6. The summed E-state index contributed by atoms with van der Waals surface area (Å²) in [6, 6.07) is 4.57. The van der Waals surface area contributed by atoms with Crippen molar-refractivity contribution >= 4 is 11.5 Å². The summed E-state index contributed by atoms with van der Waals surface area (Å²) < 4.78 is 16.6. The van der Waals surface area contributed by atoms with Crippen molar-refractivity contribution in [3.05, 3.63) is 36.5 Å². The average molecular weight is 248 g/mol. The van der Waals surface area contributed by atoms with E-state index >= 15 is 0 Å². The second-order valence-electron chi connectivity index (χ2n) is 3.12. The van der Waals surface area contributed by atoms with Crippen molar-refractivity contribution in [2.24, 2.45) is 0 Å². The minimum absolute atomic E-state index is 0.483. The smallest absolute Gasteiger partial charge is 0.216 e. The normalized spacial score (nSPS) is 10.6. The maximum Gasteiger partial charge on any atom is 0.216 e. The largest absolute Gasteiger partial charge is 0.226 e. The predicted molar refractivity (Wildman–Crippen MR) is 58.0 cm³/mol. The molecule has 0 bridgehead atoms. The highest BCUT2D eigenvalue weighted by atomic mass is 32.1. The molecule has 0 N–H and O–H groups in total. The molecule has 0 aliphatic rings. The van der Waals surface area contributed by atoms with Crippen LogP contribution < -0.4 is 0 Å². The number of hydrogen-bond donors (Lipinski definition) is 0. The van der Waals surface area contributed by atoms with Gasteiger partial charge in [0.25, 0.3) is 0 Å². The zero-order valence-corrected chi connectivity index (χ0v) is 9.17. The number of pyridine rings is 1. The Bertz CT molecular complexity index is 617. The van der Waals surface area contributed by atoms with E-state index in [1.54, 1.807) is 12.3 Å². The van der Waals surface area contributed by atoms with Crippen LogP contribution in [-0.4, -0.2) is 29.6 Å². The fourth-order valence-electron chi connectivity index (χ4n) is 1.24. The van der Waals surface area contributed by atoms with Crippen LogP contribution in [0.1, 0.15) is 0 Å². The van der Waals surface area contributed by atoms with Gasteiger partial charge in [-0.3, -0.25) is 0 Å². The molecule has 8 heteroatoms. The molecular formula is C9H5FN6S. The number of rotatable bonds is 2. The van der Waals surface area contributed by atoms with Gasteiger partial charge >= 0.3 is 0 Å². The van der Waals surface area contributed by atoms with E-state index < -0.39 is 5.95 Å². The number of tetrazole rings is 1. The van der Waals surface area contributed by atoms with E-state index in [1.165, 1.54) is 34.7 Å². The predicted octanol–water partition coefficient (Wildman–Crippen LogP) is 1.32. The van der Waals surface area contributed by atoms with Gasteiger partial charge in [-0.2, -0.15) is 4.39 Å². The van der Waals surface area contributed by atoms with Crippen LogP contribution in [0.4, 0.5) is 4.39 Å². The highest BCUT2D eigenvalue weighted by molar-refractivity contribution is 7.09. The monoisotopic (exact) mass is 248 g/mol. The second kappa shape index (κ2) is 3.98. The first-order valence-electron chi connectivity index (χ1n) is 4.66. The average Bonchev–Trinajstić information content (AvgIpc) is 3.00. The Morgan fingerprint density at radius 3 is 2.88 bits per heavy atom. The first-order valence-corrected chi connectivity index (χ1v) is 5.43. The van der Waals surface area contributed by atoms with Crippen LogP contribution in [0.3, 0.4) is 0 Å². The van der Waals surface area contributed by atoms with E-state index in [4.69, 9.17) is 0 Å². The molecule has 3 aromatic heterocycles. The van der Waals surface area contributed by atoms with Crippen molar-refractivity contribution in [1.29, 1.82) is 0 Å². The van der Waals surface area contributed by atoms with Gasteiger partial charge < -0.3 is 0 Å². The Labute approximate surface area is 98.9 Å². The first-order chi connectivity index (χ1) is 8.33. The summed E-state index contributed by atoms with van der Waals surface area (Å²) >= 11 is 1.28. The van der Waals surface area contributed by atoms with Gasteiger partial charge in [-0.25, -0.2) is 9.36 Å². The summed E-state index contributed by atoms with van der Waals surface area (Å²) in [7, 11) is 0. The van der Waals surface area contributed by atoms with Crippen molar-refractivity contribution in [2.75, 3.05) is 0 Å². The van der Waals surface area contributed by atoms with Crippen molar-refractivity contribution in [3.63, 3.8) is 0 Å². The van der Waals surface area contributed by atoms with Gasteiger partial charge in [0, 0.05) is 6.20 Å². The fraction of sp³-hybridized carbons (Fsp3) is 0. The summed E-state index contributed by atoms with van der Waals surface area (Å²) in [6.07, 6.45) is 3.01. The number of hydrogen-bond acceptors (Lipinski definition) is 6. The lowest BCUT2D eigenvalue weighted by Crippen LogP contribution is -2.00. The number of nitrogens with zero attached hydrogens (tertiary/aromatic N) is 6. The minimum Gasteiger partial charge on any atom is -0.226 e. The summed E-state index contributed by atoms with van der Waals surface area (Å²) in [6.45, 7) is 0. The molecule has 3 heterocycles. The van der Waals surface area contributed by atoms with Crippen molar-refractivity contribution in [1.82, 2.24) is 29.6 Å². The molecule has 84 valence electrons. The number of aromatic nitrogens is 6. The lowest BCUT2D eigenvalue weighted by atomic mass is 10.4. The maximum absolute atomic E-state index is 12.6. The fourth-order valence-corrected chi connectivity index (χ4v) is 1.76. The SMILES string of the molecule is Fc1ccc(-n2nnc(-c3ccns3)n2)cn1. The lowest BCUT2D eigenvalue weighted by Gasteiger charge is -1.95. The molecule has 0 unspecified atom stereocenters. The lowest BCUT2D eigenvalue weighted by molar-refractivity contribution is 0.580. The van der Waals surface area contributed by atoms with Crippen LogP contribution in [0.2, 0.25) is 0 Å². The van der Waals surface area contributed by atoms with Crippen molar-refractivity contribution in [2.45, 2.75) is 0 Å². The number of halogens is 1. The van der Waals surface area contributed by atoms with Crippen LogP contribution in [0.5, 0.6) is 0 Å². The van der Waals surface area contributed by atoms with E-state index in [1.807, 2.05) is 0 Å². The van der Waals surface area contributed by atoms with Crippen LogP contribution in [-0.2, 0) is 0 Å². The Morgan fingerprint density at radius 1 is 1.24 bits per heavy atom. The van der Waals surface area contributed by atoms with Gasteiger partial charge in [0.1, 0.15) is 5.69 Å². The third kappa shape index (κ3) is 1.89. The van der Waals surface area contributed by atoms with E-state index in [2.05, 4.69) is 24.8 Å². The topological polar surface area (TPSA) is 69.4 Å². The molecule has 0 saturated carbocycles. The quantitative estimate of drug-likeness (QED) is 0.640. The molecule has 0 aliphatic carbocycles. The van der Waals surface area contributed by atoms with Gasteiger partial charge in [0.15, 0.2) is 0 Å².